The predicted molar refractivity (Wildman–Crippen MR) is 78.9 cm³/mol. The minimum absolute atomic E-state index is 0.0717. The average Bonchev–Trinajstić information content (AvgIpc) is 2.46. The molecule has 0 aliphatic carbocycles. The second kappa shape index (κ2) is 5.85. The average molecular weight is 256 g/mol. The van der Waals surface area contributed by atoms with E-state index in [0.29, 0.717) is 13.0 Å². The molecule has 2 N–H and O–H groups in total. The van der Waals surface area contributed by atoms with Gasteiger partial charge >= 0.3 is 0 Å². The third-order valence-electron chi connectivity index (χ3n) is 3.62. The summed E-state index contributed by atoms with van der Waals surface area (Å²) in [5.74, 6) is 0.106. The molecule has 0 spiro atoms. The molecule has 0 aliphatic heterocycles. The summed E-state index contributed by atoms with van der Waals surface area (Å²) in [6.07, 6.45) is 0.419. The van der Waals surface area contributed by atoms with Gasteiger partial charge in [-0.1, -0.05) is 42.5 Å². The van der Waals surface area contributed by atoms with Crippen molar-refractivity contribution in [1.29, 1.82) is 0 Å². The van der Waals surface area contributed by atoms with Crippen LogP contribution in [0.4, 0.5) is 0 Å². The van der Waals surface area contributed by atoms with Crippen LogP contribution in [0.3, 0.4) is 0 Å². The zero-order valence-corrected chi connectivity index (χ0v) is 11.5. The number of nitrogens with two attached hydrogens (primary N) is 1. The van der Waals surface area contributed by atoms with E-state index in [0.717, 1.165) is 10.9 Å². The summed E-state index contributed by atoms with van der Waals surface area (Å²) in [4.78, 5) is 14.0. The molecule has 19 heavy (non-hydrogen) atoms. The summed E-state index contributed by atoms with van der Waals surface area (Å²) < 4.78 is 0. The van der Waals surface area contributed by atoms with Crippen LogP contribution in [0.25, 0.3) is 10.8 Å². The predicted octanol–water partition coefficient (Wildman–Crippen LogP) is 2.19. The van der Waals surface area contributed by atoms with Gasteiger partial charge in [-0.2, -0.15) is 0 Å². The van der Waals surface area contributed by atoms with Crippen LogP contribution in [-0.2, 0) is 11.2 Å². The molecule has 0 aliphatic rings. The van der Waals surface area contributed by atoms with E-state index in [9.17, 15) is 4.79 Å². The first-order chi connectivity index (χ1) is 9.13. The molecular formula is C16H20N2O. The van der Waals surface area contributed by atoms with Gasteiger partial charge in [-0.3, -0.25) is 4.79 Å². The third kappa shape index (κ3) is 2.93. The van der Waals surface area contributed by atoms with Crippen molar-refractivity contribution in [3.05, 3.63) is 48.0 Å². The Morgan fingerprint density at radius 3 is 2.63 bits per heavy atom. The third-order valence-corrected chi connectivity index (χ3v) is 3.62. The Kier molecular flexibility index (Phi) is 4.17. The number of carbonyl (C=O) groups is 1. The summed E-state index contributed by atoms with van der Waals surface area (Å²) in [5, 5.41) is 2.31. The molecule has 1 atom stereocenters. The van der Waals surface area contributed by atoms with E-state index in [4.69, 9.17) is 5.73 Å². The topological polar surface area (TPSA) is 46.3 Å². The van der Waals surface area contributed by atoms with Crippen LogP contribution in [0.1, 0.15) is 12.5 Å². The molecule has 0 saturated heterocycles. The highest BCUT2D eigenvalue weighted by atomic mass is 16.2. The van der Waals surface area contributed by atoms with Crippen LogP contribution in [-0.4, -0.2) is 30.4 Å². The zero-order chi connectivity index (χ0) is 13.8. The van der Waals surface area contributed by atoms with Crippen molar-refractivity contribution in [3.63, 3.8) is 0 Å². The number of hydrogen-bond donors (Lipinski definition) is 1. The van der Waals surface area contributed by atoms with E-state index in [2.05, 4.69) is 18.2 Å². The van der Waals surface area contributed by atoms with Crippen molar-refractivity contribution in [2.45, 2.75) is 19.4 Å². The largest absolute Gasteiger partial charge is 0.341 e. The number of hydrogen-bond acceptors (Lipinski definition) is 2. The first-order valence-electron chi connectivity index (χ1n) is 6.56. The molecule has 100 valence electrons. The lowest BCUT2D eigenvalue weighted by molar-refractivity contribution is -0.130. The van der Waals surface area contributed by atoms with Crippen LogP contribution >= 0.6 is 0 Å². The Hall–Kier alpha value is -1.87. The number of nitrogens with zero attached hydrogens (tertiary/aromatic N) is 1. The Morgan fingerprint density at radius 1 is 1.21 bits per heavy atom. The molecule has 1 amide bonds. The fourth-order valence-corrected chi connectivity index (χ4v) is 2.14. The number of rotatable bonds is 4. The molecule has 2 aromatic rings. The van der Waals surface area contributed by atoms with Crippen LogP contribution in [0.5, 0.6) is 0 Å². The standard InChI is InChI=1S/C16H20N2O/c1-12(11-17)18(2)16(19)10-14-8-5-7-13-6-3-4-9-15(13)14/h3-9,12H,10-11,17H2,1-2H3/t12-/m1/s1. The maximum Gasteiger partial charge on any atom is 0.227 e. The van der Waals surface area contributed by atoms with Gasteiger partial charge in [-0.25, -0.2) is 0 Å². The maximum absolute atomic E-state index is 12.2. The summed E-state index contributed by atoms with van der Waals surface area (Å²) in [7, 11) is 1.81. The molecule has 0 radical (unpaired) electrons. The Labute approximate surface area is 114 Å². The smallest absolute Gasteiger partial charge is 0.227 e. The molecule has 3 heteroatoms. The molecule has 3 nitrogen and oxygen atoms in total. The first-order valence-corrected chi connectivity index (χ1v) is 6.56. The summed E-state index contributed by atoms with van der Waals surface area (Å²) in [5.41, 5.74) is 6.67. The van der Waals surface area contributed by atoms with Gasteiger partial charge < -0.3 is 10.6 Å². The lowest BCUT2D eigenvalue weighted by Crippen LogP contribution is -2.40. The van der Waals surface area contributed by atoms with E-state index in [1.54, 1.807) is 4.90 Å². The van der Waals surface area contributed by atoms with Crippen LogP contribution < -0.4 is 5.73 Å². The van der Waals surface area contributed by atoms with Gasteiger partial charge in [0.25, 0.3) is 0 Å². The summed E-state index contributed by atoms with van der Waals surface area (Å²) >= 11 is 0. The molecule has 2 aromatic carbocycles. The SMILES string of the molecule is C[C@H](CN)N(C)C(=O)Cc1cccc2ccccc12. The van der Waals surface area contributed by atoms with E-state index in [-0.39, 0.29) is 11.9 Å². The fourth-order valence-electron chi connectivity index (χ4n) is 2.14. The number of fused-ring (bicyclic) bond motifs is 1. The summed E-state index contributed by atoms with van der Waals surface area (Å²) in [6.45, 7) is 2.44. The second-order valence-electron chi connectivity index (χ2n) is 4.90. The van der Waals surface area contributed by atoms with Crippen molar-refractivity contribution in [1.82, 2.24) is 4.90 Å². The maximum atomic E-state index is 12.2. The Morgan fingerprint density at radius 2 is 1.89 bits per heavy atom. The van der Waals surface area contributed by atoms with Crippen LogP contribution in [0.2, 0.25) is 0 Å². The highest BCUT2D eigenvalue weighted by molar-refractivity contribution is 5.90. The number of carbonyl (C=O) groups excluding carboxylic acids is 1. The normalized spacial score (nSPS) is 12.4. The highest BCUT2D eigenvalue weighted by Gasteiger charge is 2.15. The highest BCUT2D eigenvalue weighted by Crippen LogP contribution is 2.19. The van der Waals surface area contributed by atoms with Gasteiger partial charge in [0.05, 0.1) is 6.42 Å². The number of amides is 1. The minimum atomic E-state index is 0.0717. The van der Waals surface area contributed by atoms with E-state index in [1.165, 1.54) is 5.39 Å². The Balaban J connectivity index is 2.24. The number of benzene rings is 2. The summed E-state index contributed by atoms with van der Waals surface area (Å²) in [6, 6.07) is 14.3. The quantitative estimate of drug-likeness (QED) is 0.911. The lowest BCUT2D eigenvalue weighted by Gasteiger charge is -2.24. The van der Waals surface area contributed by atoms with Crippen molar-refractivity contribution < 1.29 is 4.79 Å². The van der Waals surface area contributed by atoms with Gasteiger partial charge in [0.1, 0.15) is 0 Å². The van der Waals surface area contributed by atoms with Gasteiger partial charge in [0.15, 0.2) is 0 Å². The molecule has 0 saturated carbocycles. The van der Waals surface area contributed by atoms with Gasteiger partial charge in [-0.05, 0) is 23.3 Å². The van der Waals surface area contributed by atoms with Crippen molar-refractivity contribution >= 4 is 16.7 Å². The van der Waals surface area contributed by atoms with Gasteiger partial charge in [0.2, 0.25) is 5.91 Å². The molecule has 0 heterocycles. The zero-order valence-electron chi connectivity index (χ0n) is 11.5. The van der Waals surface area contributed by atoms with Crippen LogP contribution in [0.15, 0.2) is 42.5 Å². The van der Waals surface area contributed by atoms with Crippen molar-refractivity contribution in [2.24, 2.45) is 5.73 Å². The molecule has 2 rings (SSSR count). The molecule has 0 fully saturated rings. The van der Waals surface area contributed by atoms with Crippen molar-refractivity contribution in [3.8, 4) is 0 Å². The van der Waals surface area contributed by atoms with Crippen LogP contribution in [0, 0.1) is 0 Å². The van der Waals surface area contributed by atoms with Gasteiger partial charge in [0, 0.05) is 19.6 Å². The van der Waals surface area contributed by atoms with Gasteiger partial charge in [-0.15, -0.1) is 0 Å². The fraction of sp³-hybridized carbons (Fsp3) is 0.312. The van der Waals surface area contributed by atoms with E-state index < -0.39 is 0 Å². The monoisotopic (exact) mass is 256 g/mol. The molecule has 0 unspecified atom stereocenters. The minimum Gasteiger partial charge on any atom is -0.341 e. The molecule has 0 bridgehead atoms. The number of likely N-dealkylation sites (N-methyl/N-ethyl adjacent to an activating group) is 1. The second-order valence-corrected chi connectivity index (χ2v) is 4.90. The van der Waals surface area contributed by atoms with Crippen molar-refractivity contribution in [2.75, 3.05) is 13.6 Å². The first kappa shape index (κ1) is 13.6. The molecule has 0 aromatic heterocycles. The van der Waals surface area contributed by atoms with E-state index >= 15 is 0 Å². The lowest BCUT2D eigenvalue weighted by atomic mass is 10.0. The van der Waals surface area contributed by atoms with E-state index in [1.807, 2.05) is 38.2 Å². The molecular weight excluding hydrogens is 236 g/mol. The Bertz CT molecular complexity index is 574.